The molecule has 0 saturated carbocycles. The maximum absolute atomic E-state index is 12.4. The third kappa shape index (κ3) is 3.44. The molecule has 1 heterocycles. The molecule has 0 unspecified atom stereocenters. The zero-order valence-corrected chi connectivity index (χ0v) is 13.3. The molecular formula is C13H20ClN3O2S. The number of rotatable bonds is 3. The third-order valence-corrected chi connectivity index (χ3v) is 5.61. The average molecular weight is 318 g/mol. The van der Waals surface area contributed by atoms with Gasteiger partial charge in [0.25, 0.3) is 0 Å². The van der Waals surface area contributed by atoms with E-state index in [9.17, 15) is 8.42 Å². The molecular weight excluding hydrogens is 298 g/mol. The summed E-state index contributed by atoms with van der Waals surface area (Å²) in [6.45, 7) is 3.51. The monoisotopic (exact) mass is 317 g/mol. The molecule has 0 atom stereocenters. The van der Waals surface area contributed by atoms with Crippen LogP contribution < -0.4 is 10.5 Å². The molecule has 0 bridgehead atoms. The molecule has 1 saturated heterocycles. The number of nitrogens with one attached hydrogen (secondary N) is 1. The summed E-state index contributed by atoms with van der Waals surface area (Å²) in [6.07, 6.45) is 1.63. The Hall–Kier alpha value is -0.820. The number of nitrogens with zero attached hydrogens (tertiary/aromatic N) is 1. The maximum atomic E-state index is 12.4. The molecule has 1 aromatic carbocycles. The number of anilines is 1. The summed E-state index contributed by atoms with van der Waals surface area (Å²) < 4.78 is 27.7. The van der Waals surface area contributed by atoms with Gasteiger partial charge in [0.05, 0.1) is 15.6 Å². The number of nitrogens with two attached hydrogens (primary N) is 1. The Morgan fingerprint density at radius 3 is 2.55 bits per heavy atom. The second-order valence-electron chi connectivity index (χ2n) is 5.34. The number of nitrogen functional groups attached to an aromatic ring is 1. The van der Waals surface area contributed by atoms with E-state index < -0.39 is 10.0 Å². The van der Waals surface area contributed by atoms with Gasteiger partial charge in [0, 0.05) is 6.04 Å². The summed E-state index contributed by atoms with van der Waals surface area (Å²) in [5.41, 5.74) is 6.59. The van der Waals surface area contributed by atoms with Gasteiger partial charge in [0.2, 0.25) is 10.0 Å². The van der Waals surface area contributed by atoms with Gasteiger partial charge in [0.15, 0.2) is 0 Å². The summed E-state index contributed by atoms with van der Waals surface area (Å²) in [7, 11) is -1.52. The van der Waals surface area contributed by atoms with E-state index in [1.807, 2.05) is 7.05 Å². The number of likely N-dealkylation sites (tertiary alicyclic amines) is 1. The summed E-state index contributed by atoms with van der Waals surface area (Å²) in [6, 6.07) is 2.99. The molecule has 1 aliphatic heterocycles. The molecule has 5 nitrogen and oxygen atoms in total. The van der Waals surface area contributed by atoms with Crippen molar-refractivity contribution in [3.63, 3.8) is 0 Å². The van der Waals surface area contributed by atoms with E-state index in [0.29, 0.717) is 10.6 Å². The summed E-state index contributed by atoms with van der Waals surface area (Å²) in [4.78, 5) is 2.40. The fourth-order valence-corrected chi connectivity index (χ4v) is 4.15. The Morgan fingerprint density at radius 1 is 1.35 bits per heavy atom. The van der Waals surface area contributed by atoms with Gasteiger partial charge in [-0.25, -0.2) is 13.1 Å². The maximum Gasteiger partial charge on any atom is 0.241 e. The van der Waals surface area contributed by atoms with E-state index in [1.165, 1.54) is 6.07 Å². The van der Waals surface area contributed by atoms with Crippen molar-refractivity contribution in [2.75, 3.05) is 25.9 Å². The van der Waals surface area contributed by atoms with Crippen LogP contribution in [0.5, 0.6) is 0 Å². The molecule has 20 heavy (non-hydrogen) atoms. The lowest BCUT2D eigenvalue weighted by Gasteiger charge is -2.29. The Kier molecular flexibility index (Phi) is 4.59. The molecule has 2 rings (SSSR count). The van der Waals surface area contributed by atoms with Crippen molar-refractivity contribution in [3.05, 3.63) is 22.7 Å². The second-order valence-corrected chi connectivity index (χ2v) is 7.43. The lowest BCUT2D eigenvalue weighted by Crippen LogP contribution is -2.43. The van der Waals surface area contributed by atoms with Crippen LogP contribution in [-0.2, 0) is 10.0 Å². The van der Waals surface area contributed by atoms with Crippen LogP contribution in [0.2, 0.25) is 5.02 Å². The van der Waals surface area contributed by atoms with Crippen molar-refractivity contribution >= 4 is 27.3 Å². The lowest BCUT2D eigenvalue weighted by atomic mass is 10.1. The van der Waals surface area contributed by atoms with Crippen molar-refractivity contribution in [2.45, 2.75) is 30.7 Å². The Labute approximate surface area is 125 Å². The van der Waals surface area contributed by atoms with Crippen molar-refractivity contribution in [1.29, 1.82) is 0 Å². The molecule has 0 aliphatic carbocycles. The summed E-state index contributed by atoms with van der Waals surface area (Å²) in [5.74, 6) is 0. The number of hydrogen-bond donors (Lipinski definition) is 2. The predicted molar refractivity (Wildman–Crippen MR) is 81.4 cm³/mol. The van der Waals surface area contributed by atoms with Crippen LogP contribution in [0.3, 0.4) is 0 Å². The molecule has 0 radical (unpaired) electrons. The van der Waals surface area contributed by atoms with Gasteiger partial charge in [0.1, 0.15) is 0 Å². The van der Waals surface area contributed by atoms with Crippen LogP contribution in [0.1, 0.15) is 18.4 Å². The lowest BCUT2D eigenvalue weighted by molar-refractivity contribution is 0.248. The zero-order chi connectivity index (χ0) is 14.9. The first kappa shape index (κ1) is 15.6. The molecule has 1 aromatic rings. The van der Waals surface area contributed by atoms with Gasteiger partial charge < -0.3 is 10.6 Å². The van der Waals surface area contributed by atoms with Crippen LogP contribution in [-0.4, -0.2) is 39.5 Å². The minimum Gasteiger partial charge on any atom is -0.397 e. The van der Waals surface area contributed by atoms with Gasteiger partial charge >= 0.3 is 0 Å². The highest BCUT2D eigenvalue weighted by Crippen LogP contribution is 2.26. The molecule has 1 fully saturated rings. The van der Waals surface area contributed by atoms with E-state index in [1.54, 1.807) is 13.0 Å². The first-order valence-corrected chi connectivity index (χ1v) is 8.42. The third-order valence-electron chi connectivity index (χ3n) is 3.62. The topological polar surface area (TPSA) is 75.4 Å². The normalized spacial score (nSPS) is 18.4. The van der Waals surface area contributed by atoms with Gasteiger partial charge in [-0.05, 0) is 57.6 Å². The van der Waals surface area contributed by atoms with Crippen LogP contribution in [0.15, 0.2) is 17.0 Å². The predicted octanol–water partition coefficient (Wildman–Crippen LogP) is 1.60. The Balaban J connectivity index is 2.20. The number of benzene rings is 1. The molecule has 0 aromatic heterocycles. The van der Waals surface area contributed by atoms with Crippen molar-refractivity contribution < 1.29 is 8.42 Å². The number of piperidine rings is 1. The first-order valence-electron chi connectivity index (χ1n) is 6.56. The highest BCUT2D eigenvalue weighted by molar-refractivity contribution is 7.89. The minimum atomic E-state index is -3.55. The van der Waals surface area contributed by atoms with Gasteiger partial charge in [-0.2, -0.15) is 0 Å². The molecule has 3 N–H and O–H groups in total. The highest BCUT2D eigenvalue weighted by atomic mass is 35.5. The number of aryl methyl sites for hydroxylation is 1. The molecule has 0 spiro atoms. The standard InChI is InChI=1S/C13H20ClN3O2S/c1-9-7-11(14)12(15)8-13(9)20(18,19)16-10-3-5-17(2)6-4-10/h7-8,10,16H,3-6,15H2,1-2H3. The first-order chi connectivity index (χ1) is 9.29. The largest absolute Gasteiger partial charge is 0.397 e. The van der Waals surface area contributed by atoms with Crippen molar-refractivity contribution in [2.24, 2.45) is 0 Å². The van der Waals surface area contributed by atoms with Crippen LogP contribution >= 0.6 is 11.6 Å². The average Bonchev–Trinajstić information content (AvgIpc) is 2.36. The number of halogens is 1. The van der Waals surface area contributed by atoms with Crippen LogP contribution in [0.4, 0.5) is 5.69 Å². The van der Waals surface area contributed by atoms with E-state index in [0.717, 1.165) is 25.9 Å². The Morgan fingerprint density at radius 2 is 1.95 bits per heavy atom. The Bertz CT molecular complexity index is 596. The number of hydrogen-bond acceptors (Lipinski definition) is 4. The van der Waals surface area contributed by atoms with Gasteiger partial charge in [-0.15, -0.1) is 0 Å². The zero-order valence-electron chi connectivity index (χ0n) is 11.7. The molecule has 1 aliphatic rings. The van der Waals surface area contributed by atoms with Gasteiger partial charge in [-0.1, -0.05) is 11.6 Å². The highest BCUT2D eigenvalue weighted by Gasteiger charge is 2.25. The van der Waals surface area contributed by atoms with Crippen LogP contribution in [0, 0.1) is 6.92 Å². The minimum absolute atomic E-state index is 0.0208. The van der Waals surface area contributed by atoms with Crippen molar-refractivity contribution in [1.82, 2.24) is 9.62 Å². The van der Waals surface area contributed by atoms with E-state index >= 15 is 0 Å². The quantitative estimate of drug-likeness (QED) is 0.830. The van der Waals surface area contributed by atoms with E-state index in [2.05, 4.69) is 9.62 Å². The fourth-order valence-electron chi connectivity index (χ4n) is 2.37. The van der Waals surface area contributed by atoms with E-state index in [4.69, 9.17) is 17.3 Å². The molecule has 112 valence electrons. The number of sulfonamides is 1. The van der Waals surface area contributed by atoms with Crippen LogP contribution in [0.25, 0.3) is 0 Å². The van der Waals surface area contributed by atoms with Gasteiger partial charge in [-0.3, -0.25) is 0 Å². The second kappa shape index (κ2) is 5.89. The smallest absolute Gasteiger partial charge is 0.241 e. The summed E-state index contributed by atoms with van der Waals surface area (Å²) in [5, 5.41) is 0.376. The van der Waals surface area contributed by atoms with E-state index in [-0.39, 0.29) is 16.6 Å². The molecule has 0 amide bonds. The van der Waals surface area contributed by atoms with Crippen molar-refractivity contribution in [3.8, 4) is 0 Å². The summed E-state index contributed by atoms with van der Waals surface area (Å²) >= 11 is 5.90. The SMILES string of the molecule is Cc1cc(Cl)c(N)cc1S(=O)(=O)NC1CCN(C)CC1. The fraction of sp³-hybridized carbons (Fsp3) is 0.538. The molecule has 7 heteroatoms.